The summed E-state index contributed by atoms with van der Waals surface area (Å²) in [6.45, 7) is 0. The quantitative estimate of drug-likeness (QED) is 0.481. The van der Waals surface area contributed by atoms with Crippen LogP contribution in [0.2, 0.25) is 0 Å². The molecule has 2 nitrogen and oxygen atoms in total. The molecule has 1 aromatic rings. The van der Waals surface area contributed by atoms with Gasteiger partial charge in [-0.3, -0.25) is 0 Å². The predicted molar refractivity (Wildman–Crippen MR) is 22.0 cm³/mol. The third kappa shape index (κ3) is 1.79. The molecule has 2 N–H and O–H groups in total. The zero-order chi connectivity index (χ0) is 4.41. The maximum absolute atomic E-state index is 4.78. The molecule has 0 saturated heterocycles. The van der Waals surface area contributed by atoms with Gasteiger partial charge < -0.3 is 5.48 Å². The summed E-state index contributed by atoms with van der Waals surface area (Å²) in [5, 5.41) is 0. The van der Waals surface area contributed by atoms with Crippen LogP contribution in [0.5, 0.6) is 0 Å². The zero-order valence-electron chi connectivity index (χ0n) is 3.55. The van der Waals surface area contributed by atoms with E-state index in [4.69, 9.17) is 4.42 Å². The molecule has 0 aliphatic heterocycles. The van der Waals surface area contributed by atoms with Gasteiger partial charge in [0.1, 0.15) is 0 Å². The average Bonchev–Trinajstić information content (AvgIpc) is 1.86. The minimum absolute atomic E-state index is 0. The van der Waals surface area contributed by atoms with Crippen molar-refractivity contribution >= 4 is 4.62 Å². The summed E-state index contributed by atoms with van der Waals surface area (Å²) in [6, 6.07) is 3.70. The van der Waals surface area contributed by atoms with Gasteiger partial charge in [0.05, 0.1) is 0 Å². The predicted octanol–water partition coefficient (Wildman–Crippen LogP) is -0.373. The number of hydrogen-bond acceptors (Lipinski definition) is 1. The fourth-order valence-electron chi connectivity index (χ4n) is 0.263. The molecule has 0 bridgehead atoms. The molecule has 0 aromatic carbocycles. The molecule has 0 aliphatic carbocycles. The van der Waals surface area contributed by atoms with E-state index in [1.807, 2.05) is 12.1 Å². The number of rotatable bonds is 0. The topological polar surface area (TPSA) is 44.6 Å². The third-order valence-corrected chi connectivity index (χ3v) is 0.858. The minimum atomic E-state index is 0. The Labute approximate surface area is 49.9 Å². The van der Waals surface area contributed by atoms with Crippen LogP contribution in [0, 0.1) is 0 Å². The monoisotopic (exact) mass is 137 g/mol. The Hall–Kier alpha value is -0.228. The van der Waals surface area contributed by atoms with Gasteiger partial charge in [0.25, 0.3) is 0 Å². The van der Waals surface area contributed by atoms with E-state index < -0.39 is 0 Å². The van der Waals surface area contributed by atoms with Gasteiger partial charge >= 0.3 is 43.7 Å². The van der Waals surface area contributed by atoms with Crippen molar-refractivity contribution in [2.75, 3.05) is 0 Å². The molecule has 1 heterocycles. The Morgan fingerprint density at radius 3 is 2.43 bits per heavy atom. The van der Waals surface area contributed by atoms with Crippen molar-refractivity contribution in [2.45, 2.75) is 0 Å². The second kappa shape index (κ2) is 2.87. The molecule has 0 spiro atoms. The van der Waals surface area contributed by atoms with Crippen LogP contribution in [0.4, 0.5) is 0 Å². The molecular weight excluding hydrogens is 132 g/mol. The van der Waals surface area contributed by atoms with Crippen molar-refractivity contribution in [1.29, 1.82) is 0 Å². The summed E-state index contributed by atoms with van der Waals surface area (Å²) in [6.07, 6.45) is 1.63. The zero-order valence-corrected chi connectivity index (χ0v) is 4.82. The van der Waals surface area contributed by atoms with E-state index in [0.717, 1.165) is 4.62 Å². The van der Waals surface area contributed by atoms with Gasteiger partial charge in [-0.1, -0.05) is 0 Å². The van der Waals surface area contributed by atoms with Gasteiger partial charge in [0, 0.05) is 0 Å². The van der Waals surface area contributed by atoms with Crippen LogP contribution in [0.15, 0.2) is 22.8 Å². The summed E-state index contributed by atoms with van der Waals surface area (Å²) in [5.41, 5.74) is 0. The molecule has 0 unspecified atom stereocenters. The van der Waals surface area contributed by atoms with Gasteiger partial charge in [-0.2, -0.15) is 0 Å². The van der Waals surface area contributed by atoms with Crippen molar-refractivity contribution in [3.63, 3.8) is 0 Å². The first-order valence-electron chi connectivity index (χ1n) is 1.60. The van der Waals surface area contributed by atoms with Gasteiger partial charge in [-0.25, -0.2) is 0 Å². The second-order valence-corrected chi connectivity index (χ2v) is 1.56. The van der Waals surface area contributed by atoms with E-state index in [0.29, 0.717) is 0 Å². The first-order valence-corrected chi connectivity index (χ1v) is 2.24. The molecule has 0 fully saturated rings. The van der Waals surface area contributed by atoms with E-state index in [-0.39, 0.29) is 5.48 Å². The van der Waals surface area contributed by atoms with E-state index in [1.54, 1.807) is 6.26 Å². The molecule has 1 aromatic heterocycles. The molecule has 1 rings (SSSR count). The molecule has 3 heteroatoms. The summed E-state index contributed by atoms with van der Waals surface area (Å²) >= 11 is 2.72. The van der Waals surface area contributed by atoms with Crippen molar-refractivity contribution in [3.05, 3.63) is 18.4 Å². The van der Waals surface area contributed by atoms with E-state index in [2.05, 4.69) is 16.3 Å². The fraction of sp³-hybridized carbons (Fsp3) is 0. The summed E-state index contributed by atoms with van der Waals surface area (Å²) in [7, 11) is 0. The van der Waals surface area contributed by atoms with Crippen LogP contribution in [-0.2, 0) is 16.3 Å². The first kappa shape index (κ1) is 6.77. The maximum atomic E-state index is 4.78. The molecule has 0 aliphatic rings. The van der Waals surface area contributed by atoms with Crippen LogP contribution >= 0.6 is 0 Å². The molecule has 0 radical (unpaired) electrons. The molecule has 0 saturated carbocycles. The van der Waals surface area contributed by atoms with E-state index in [9.17, 15) is 0 Å². The Bertz CT molecular complexity index is 113. The third-order valence-electron chi connectivity index (χ3n) is 0.495. The normalized spacial score (nSPS) is 7.43. The standard InChI is InChI=1S/C4H3O.Cr.H2O/c1-2-4-5-3-1;;/h1-3H;;1H2. The Morgan fingerprint density at radius 1 is 1.57 bits per heavy atom. The summed E-state index contributed by atoms with van der Waals surface area (Å²) in [5.74, 6) is 0. The molecule has 0 amide bonds. The second-order valence-electron chi connectivity index (χ2n) is 0.932. The van der Waals surface area contributed by atoms with Crippen molar-refractivity contribution < 1.29 is 26.2 Å². The molecular formula is C4H5CrO2. The molecule has 7 heavy (non-hydrogen) atoms. The summed E-state index contributed by atoms with van der Waals surface area (Å²) in [4.78, 5) is 0. The summed E-state index contributed by atoms with van der Waals surface area (Å²) < 4.78 is 5.62. The van der Waals surface area contributed by atoms with Crippen LogP contribution in [0.3, 0.4) is 0 Å². The average molecular weight is 137 g/mol. The SMILES string of the molecule is O.[Cr][c]1ccco1. The van der Waals surface area contributed by atoms with Gasteiger partial charge in [0.2, 0.25) is 0 Å². The van der Waals surface area contributed by atoms with Crippen LogP contribution in [-0.4, -0.2) is 5.48 Å². The van der Waals surface area contributed by atoms with E-state index in [1.165, 1.54) is 0 Å². The Balaban J connectivity index is 0.000000360. The van der Waals surface area contributed by atoms with Crippen LogP contribution in [0.25, 0.3) is 0 Å². The fourth-order valence-corrected chi connectivity index (χ4v) is 0.473. The number of furan rings is 1. The van der Waals surface area contributed by atoms with Crippen molar-refractivity contribution in [2.24, 2.45) is 0 Å². The van der Waals surface area contributed by atoms with Crippen LogP contribution < -0.4 is 4.62 Å². The van der Waals surface area contributed by atoms with Crippen LogP contribution in [0.1, 0.15) is 0 Å². The van der Waals surface area contributed by atoms with Gasteiger partial charge in [-0.15, -0.1) is 0 Å². The van der Waals surface area contributed by atoms with E-state index >= 15 is 0 Å². The van der Waals surface area contributed by atoms with Crippen molar-refractivity contribution in [3.8, 4) is 0 Å². The van der Waals surface area contributed by atoms with Gasteiger partial charge in [0.15, 0.2) is 0 Å². The number of hydrogen-bond donors (Lipinski definition) is 0. The first-order chi connectivity index (χ1) is 2.89. The molecule has 0 atom stereocenters. The molecule has 39 valence electrons. The Kier molecular flexibility index (Phi) is 2.77. The Morgan fingerprint density at radius 2 is 2.29 bits per heavy atom. The van der Waals surface area contributed by atoms with Gasteiger partial charge in [-0.05, 0) is 0 Å². The van der Waals surface area contributed by atoms with Crippen molar-refractivity contribution in [1.82, 2.24) is 0 Å².